The molecule has 4 rings (SSSR count). The Hall–Kier alpha value is -3.74. The highest BCUT2D eigenvalue weighted by molar-refractivity contribution is 6.04. The quantitative estimate of drug-likeness (QED) is 0.567. The van der Waals surface area contributed by atoms with Gasteiger partial charge in [-0.2, -0.15) is 0 Å². The number of nitrogens with zero attached hydrogens (tertiary/aromatic N) is 3. The summed E-state index contributed by atoms with van der Waals surface area (Å²) in [6.07, 6.45) is 0. The lowest BCUT2D eigenvalue weighted by Crippen LogP contribution is -2.14. The van der Waals surface area contributed by atoms with Crippen molar-refractivity contribution in [2.24, 2.45) is 0 Å². The first-order valence-electron chi connectivity index (χ1n) is 8.36. The Balaban J connectivity index is 1.62. The van der Waals surface area contributed by atoms with Gasteiger partial charge in [0.2, 0.25) is 0 Å². The first-order chi connectivity index (χ1) is 13.0. The summed E-state index contributed by atoms with van der Waals surface area (Å²) in [5.41, 5.74) is 3.45. The first-order valence-corrected chi connectivity index (χ1v) is 8.36. The summed E-state index contributed by atoms with van der Waals surface area (Å²) in [4.78, 5) is 23.9. The van der Waals surface area contributed by atoms with E-state index in [9.17, 15) is 9.59 Å². The number of aromatic nitrogens is 3. The molecule has 0 aliphatic rings. The number of fused-ring (bicyclic) bond motifs is 1. The van der Waals surface area contributed by atoms with Crippen LogP contribution in [-0.4, -0.2) is 20.9 Å². The average Bonchev–Trinajstić information content (AvgIpc) is 3.03. The maximum atomic E-state index is 12.6. The lowest BCUT2D eigenvalue weighted by atomic mass is 10.2. The minimum Gasteiger partial charge on any atom is -0.423 e. The molecule has 2 heterocycles. The molecule has 0 unspecified atom stereocenters. The van der Waals surface area contributed by atoms with Crippen LogP contribution < -0.4 is 10.9 Å². The zero-order chi connectivity index (χ0) is 19.0. The van der Waals surface area contributed by atoms with E-state index in [4.69, 9.17) is 4.42 Å². The molecule has 0 aliphatic heterocycles. The Morgan fingerprint density at radius 2 is 1.93 bits per heavy atom. The number of rotatable bonds is 3. The van der Waals surface area contributed by atoms with Crippen molar-refractivity contribution in [1.29, 1.82) is 0 Å². The van der Waals surface area contributed by atoms with Gasteiger partial charge in [-0.1, -0.05) is 17.3 Å². The van der Waals surface area contributed by atoms with Gasteiger partial charge in [-0.15, -0.1) is 5.10 Å². The van der Waals surface area contributed by atoms with E-state index in [0.29, 0.717) is 22.4 Å². The minimum atomic E-state index is -0.414. The lowest BCUT2D eigenvalue weighted by Gasteiger charge is -2.06. The van der Waals surface area contributed by atoms with Gasteiger partial charge in [-0.05, 0) is 55.8 Å². The molecule has 0 aliphatic carbocycles. The second-order valence-corrected chi connectivity index (χ2v) is 6.24. The molecule has 0 fully saturated rings. The monoisotopic (exact) mass is 360 g/mol. The van der Waals surface area contributed by atoms with Gasteiger partial charge in [-0.25, -0.2) is 9.48 Å². The molecule has 2 aromatic heterocycles. The maximum Gasteiger partial charge on any atom is 0.336 e. The number of carbonyl (C=O) groups is 1. The summed E-state index contributed by atoms with van der Waals surface area (Å²) in [6, 6.07) is 15.8. The standard InChI is InChI=1S/C20H16N4O3/c1-12-4-3-5-16(10-12)24-13(2)19(22-23-24)20(26)21-15-7-8-17-14(11-15)6-9-18(25)27-17/h3-11H,1-2H3,(H,21,26). The van der Waals surface area contributed by atoms with Crippen LogP contribution >= 0.6 is 0 Å². The second-order valence-electron chi connectivity index (χ2n) is 6.24. The average molecular weight is 360 g/mol. The van der Waals surface area contributed by atoms with E-state index in [1.807, 2.05) is 31.2 Å². The summed E-state index contributed by atoms with van der Waals surface area (Å²) in [5, 5.41) is 11.7. The number of hydrogen-bond donors (Lipinski definition) is 1. The fraction of sp³-hybridized carbons (Fsp3) is 0.100. The molecule has 7 heteroatoms. The number of amides is 1. The van der Waals surface area contributed by atoms with Crippen LogP contribution in [0.4, 0.5) is 5.69 Å². The van der Waals surface area contributed by atoms with Crippen molar-refractivity contribution >= 4 is 22.6 Å². The predicted molar refractivity (Wildman–Crippen MR) is 101 cm³/mol. The number of carbonyl (C=O) groups excluding carboxylic acids is 1. The van der Waals surface area contributed by atoms with Gasteiger partial charge in [0.1, 0.15) is 5.58 Å². The van der Waals surface area contributed by atoms with Gasteiger partial charge >= 0.3 is 5.63 Å². The number of hydrogen-bond acceptors (Lipinski definition) is 5. The molecule has 0 spiro atoms. The molecule has 0 atom stereocenters. The molecule has 2 aromatic carbocycles. The molecule has 0 radical (unpaired) electrons. The van der Waals surface area contributed by atoms with E-state index in [1.54, 1.807) is 35.9 Å². The van der Waals surface area contributed by atoms with Crippen LogP contribution in [0.1, 0.15) is 21.7 Å². The SMILES string of the molecule is Cc1cccc(-n2nnc(C(=O)Nc3ccc4oc(=O)ccc4c3)c2C)c1. The smallest absolute Gasteiger partial charge is 0.336 e. The van der Waals surface area contributed by atoms with E-state index in [2.05, 4.69) is 15.6 Å². The summed E-state index contributed by atoms with van der Waals surface area (Å²) < 4.78 is 6.73. The predicted octanol–water partition coefficient (Wildman–Crippen LogP) is 3.24. The Kier molecular flexibility index (Phi) is 4.04. The topological polar surface area (TPSA) is 90.0 Å². The van der Waals surface area contributed by atoms with Crippen LogP contribution in [0.3, 0.4) is 0 Å². The second kappa shape index (κ2) is 6.53. The summed E-state index contributed by atoms with van der Waals surface area (Å²) in [6.45, 7) is 3.79. The van der Waals surface area contributed by atoms with E-state index in [1.165, 1.54) is 6.07 Å². The molecule has 1 amide bonds. The Morgan fingerprint density at radius 1 is 1.07 bits per heavy atom. The minimum absolute atomic E-state index is 0.246. The van der Waals surface area contributed by atoms with E-state index in [-0.39, 0.29) is 11.6 Å². The van der Waals surface area contributed by atoms with Gasteiger partial charge in [0, 0.05) is 17.1 Å². The molecule has 27 heavy (non-hydrogen) atoms. The molecule has 4 aromatic rings. The van der Waals surface area contributed by atoms with Crippen molar-refractivity contribution < 1.29 is 9.21 Å². The van der Waals surface area contributed by atoms with Crippen LogP contribution in [0, 0.1) is 13.8 Å². The third-order valence-corrected chi connectivity index (χ3v) is 4.23. The summed E-state index contributed by atoms with van der Waals surface area (Å²) in [7, 11) is 0. The van der Waals surface area contributed by atoms with Gasteiger partial charge < -0.3 is 9.73 Å². The van der Waals surface area contributed by atoms with Crippen LogP contribution in [0.25, 0.3) is 16.7 Å². The Morgan fingerprint density at radius 3 is 2.74 bits per heavy atom. The number of nitrogens with one attached hydrogen (secondary N) is 1. The molecule has 134 valence electrons. The zero-order valence-corrected chi connectivity index (χ0v) is 14.8. The third kappa shape index (κ3) is 3.22. The largest absolute Gasteiger partial charge is 0.423 e. The first kappa shape index (κ1) is 16.7. The maximum absolute atomic E-state index is 12.6. The zero-order valence-electron chi connectivity index (χ0n) is 14.8. The Bertz CT molecular complexity index is 1220. The highest BCUT2D eigenvalue weighted by atomic mass is 16.4. The Labute approximate surface area is 154 Å². The summed E-state index contributed by atoms with van der Waals surface area (Å²) >= 11 is 0. The van der Waals surface area contributed by atoms with Crippen LogP contribution in [0.5, 0.6) is 0 Å². The van der Waals surface area contributed by atoms with Crippen molar-refractivity contribution in [1.82, 2.24) is 15.0 Å². The third-order valence-electron chi connectivity index (χ3n) is 4.23. The van der Waals surface area contributed by atoms with Gasteiger partial charge in [0.25, 0.3) is 5.91 Å². The van der Waals surface area contributed by atoms with E-state index in [0.717, 1.165) is 11.3 Å². The van der Waals surface area contributed by atoms with E-state index >= 15 is 0 Å². The highest BCUT2D eigenvalue weighted by Crippen LogP contribution is 2.19. The fourth-order valence-electron chi connectivity index (χ4n) is 2.88. The molecule has 0 saturated heterocycles. The van der Waals surface area contributed by atoms with Gasteiger partial charge in [0.15, 0.2) is 5.69 Å². The normalized spacial score (nSPS) is 10.9. The molecule has 0 bridgehead atoms. The van der Waals surface area contributed by atoms with Crippen molar-refractivity contribution in [3.8, 4) is 5.69 Å². The van der Waals surface area contributed by atoms with Crippen molar-refractivity contribution in [2.75, 3.05) is 5.32 Å². The highest BCUT2D eigenvalue weighted by Gasteiger charge is 2.17. The molecule has 0 saturated carbocycles. The molecule has 1 N–H and O–H groups in total. The summed E-state index contributed by atoms with van der Waals surface area (Å²) in [5.74, 6) is -0.358. The van der Waals surface area contributed by atoms with Crippen molar-refractivity contribution in [3.05, 3.63) is 82.0 Å². The number of anilines is 1. The van der Waals surface area contributed by atoms with Gasteiger partial charge in [-0.3, -0.25) is 4.79 Å². The molecular formula is C20H16N4O3. The fourth-order valence-corrected chi connectivity index (χ4v) is 2.88. The number of aryl methyl sites for hydroxylation is 1. The van der Waals surface area contributed by atoms with Crippen LogP contribution in [-0.2, 0) is 0 Å². The van der Waals surface area contributed by atoms with Crippen molar-refractivity contribution in [2.45, 2.75) is 13.8 Å². The van der Waals surface area contributed by atoms with Crippen LogP contribution in [0.15, 0.2) is 63.8 Å². The van der Waals surface area contributed by atoms with Gasteiger partial charge in [0.05, 0.1) is 11.4 Å². The van der Waals surface area contributed by atoms with Crippen LogP contribution in [0.2, 0.25) is 0 Å². The van der Waals surface area contributed by atoms with E-state index < -0.39 is 5.63 Å². The van der Waals surface area contributed by atoms with Crippen molar-refractivity contribution in [3.63, 3.8) is 0 Å². The molecule has 7 nitrogen and oxygen atoms in total. The lowest BCUT2D eigenvalue weighted by molar-refractivity contribution is 0.102. The molecular weight excluding hydrogens is 344 g/mol. The number of benzene rings is 2.